The summed E-state index contributed by atoms with van der Waals surface area (Å²) in [5, 5.41) is 8.06. The van der Waals surface area contributed by atoms with E-state index < -0.39 is 0 Å². The molecule has 3 heterocycles. The lowest BCUT2D eigenvalue weighted by molar-refractivity contribution is 0.0486. The van der Waals surface area contributed by atoms with E-state index in [0.29, 0.717) is 48.3 Å². The zero-order chi connectivity index (χ0) is 17.6. The first kappa shape index (κ1) is 16.3. The maximum absolute atomic E-state index is 13.0. The fraction of sp³-hybridized carbons (Fsp3) is 0.647. The zero-order valence-corrected chi connectivity index (χ0v) is 14.9. The molecule has 0 aromatic carbocycles. The molecule has 1 unspecified atom stereocenters. The normalized spacial score (nSPS) is 21.7. The Labute approximate surface area is 146 Å². The summed E-state index contributed by atoms with van der Waals surface area (Å²) < 4.78 is 10.8. The van der Waals surface area contributed by atoms with Crippen molar-refractivity contribution in [1.82, 2.24) is 25.1 Å². The van der Waals surface area contributed by atoms with Crippen molar-refractivity contribution in [2.75, 3.05) is 26.7 Å². The Kier molecular flexibility index (Phi) is 4.07. The van der Waals surface area contributed by atoms with Crippen molar-refractivity contribution >= 4 is 5.91 Å². The minimum atomic E-state index is -0.0806. The van der Waals surface area contributed by atoms with Crippen LogP contribution in [0.3, 0.4) is 0 Å². The lowest BCUT2D eigenvalue weighted by Crippen LogP contribution is -2.49. The van der Waals surface area contributed by atoms with Crippen LogP contribution in [-0.4, -0.2) is 57.7 Å². The second-order valence-corrected chi connectivity index (χ2v) is 6.93. The standard InChI is InChI=1S/C17H23N5O3/c1-4-13-14(10(2)19-24-13)17(23)22-8-7-21(3)12(9-22)16-18-15(20-25-16)11-5-6-11/h11-12H,4-9H2,1-3H3. The second-order valence-electron chi connectivity index (χ2n) is 6.93. The first-order chi connectivity index (χ1) is 12.1. The van der Waals surface area contributed by atoms with Crippen LogP contribution in [0.15, 0.2) is 9.05 Å². The van der Waals surface area contributed by atoms with Crippen LogP contribution in [0.1, 0.15) is 65.3 Å². The van der Waals surface area contributed by atoms with Crippen LogP contribution in [0.2, 0.25) is 0 Å². The van der Waals surface area contributed by atoms with Crippen molar-refractivity contribution in [3.05, 3.63) is 28.7 Å². The Balaban J connectivity index is 1.55. The first-order valence-electron chi connectivity index (χ1n) is 8.86. The molecular formula is C17H23N5O3. The molecule has 0 spiro atoms. The SMILES string of the molecule is CCc1onc(C)c1C(=O)N1CCN(C)C(c2nc(C3CC3)no2)C1. The summed E-state index contributed by atoms with van der Waals surface area (Å²) in [7, 11) is 2.02. The quantitative estimate of drug-likeness (QED) is 0.836. The Morgan fingerprint density at radius 2 is 2.04 bits per heavy atom. The number of carbonyl (C=O) groups excluding carboxylic acids is 1. The number of amides is 1. The third-order valence-corrected chi connectivity index (χ3v) is 5.09. The minimum absolute atomic E-state index is 0.0318. The van der Waals surface area contributed by atoms with Gasteiger partial charge in [-0.15, -0.1) is 0 Å². The first-order valence-corrected chi connectivity index (χ1v) is 8.86. The van der Waals surface area contributed by atoms with Crippen LogP contribution in [0, 0.1) is 6.92 Å². The third kappa shape index (κ3) is 2.95. The molecule has 2 fully saturated rings. The van der Waals surface area contributed by atoms with E-state index in [-0.39, 0.29) is 11.9 Å². The van der Waals surface area contributed by atoms with Crippen molar-refractivity contribution < 1.29 is 13.8 Å². The lowest BCUT2D eigenvalue weighted by atomic mass is 10.1. The van der Waals surface area contributed by atoms with Gasteiger partial charge in [-0.25, -0.2) is 0 Å². The summed E-state index contributed by atoms with van der Waals surface area (Å²) in [5.74, 6) is 2.47. The van der Waals surface area contributed by atoms with E-state index >= 15 is 0 Å². The number of rotatable bonds is 4. The summed E-state index contributed by atoms with van der Waals surface area (Å²) in [4.78, 5) is 21.6. The Morgan fingerprint density at radius 1 is 1.24 bits per heavy atom. The predicted molar refractivity (Wildman–Crippen MR) is 88.2 cm³/mol. The van der Waals surface area contributed by atoms with E-state index in [4.69, 9.17) is 9.05 Å². The van der Waals surface area contributed by atoms with Crippen molar-refractivity contribution in [1.29, 1.82) is 0 Å². The maximum Gasteiger partial charge on any atom is 0.259 e. The van der Waals surface area contributed by atoms with Gasteiger partial charge in [0.2, 0.25) is 5.89 Å². The molecule has 0 radical (unpaired) electrons. The van der Waals surface area contributed by atoms with Crippen LogP contribution < -0.4 is 0 Å². The van der Waals surface area contributed by atoms with Gasteiger partial charge in [-0.05, 0) is 26.8 Å². The van der Waals surface area contributed by atoms with Crippen LogP contribution >= 0.6 is 0 Å². The molecule has 1 aliphatic carbocycles. The van der Waals surface area contributed by atoms with E-state index in [9.17, 15) is 4.79 Å². The van der Waals surface area contributed by atoms with Crippen LogP contribution in [0.4, 0.5) is 0 Å². The molecule has 134 valence electrons. The van der Waals surface area contributed by atoms with Gasteiger partial charge in [0, 0.05) is 32.0 Å². The van der Waals surface area contributed by atoms with Crippen LogP contribution in [0.5, 0.6) is 0 Å². The smallest absolute Gasteiger partial charge is 0.259 e. The van der Waals surface area contributed by atoms with E-state index in [0.717, 1.165) is 25.2 Å². The molecule has 2 aromatic heterocycles. The predicted octanol–water partition coefficient (Wildman–Crippen LogP) is 1.93. The van der Waals surface area contributed by atoms with Gasteiger partial charge in [0.05, 0.1) is 5.69 Å². The molecule has 2 aliphatic rings. The molecule has 1 amide bonds. The molecule has 4 rings (SSSR count). The summed E-state index contributed by atoms with van der Waals surface area (Å²) in [5.41, 5.74) is 1.24. The van der Waals surface area contributed by atoms with Crippen LogP contribution in [-0.2, 0) is 6.42 Å². The number of likely N-dealkylation sites (N-methyl/N-ethyl adjacent to an activating group) is 1. The number of hydrogen-bond donors (Lipinski definition) is 0. The summed E-state index contributed by atoms with van der Waals surface area (Å²) >= 11 is 0. The number of piperazine rings is 1. The molecule has 25 heavy (non-hydrogen) atoms. The fourth-order valence-electron chi connectivity index (χ4n) is 3.30. The second kappa shape index (κ2) is 6.25. The minimum Gasteiger partial charge on any atom is -0.360 e. The van der Waals surface area contributed by atoms with Gasteiger partial charge < -0.3 is 13.9 Å². The fourth-order valence-corrected chi connectivity index (χ4v) is 3.30. The molecule has 1 saturated heterocycles. The average molecular weight is 345 g/mol. The van der Waals surface area contributed by atoms with Gasteiger partial charge in [0.1, 0.15) is 17.4 Å². The van der Waals surface area contributed by atoms with Crippen molar-refractivity contribution in [2.24, 2.45) is 0 Å². The van der Waals surface area contributed by atoms with Gasteiger partial charge in [0.25, 0.3) is 5.91 Å². The largest absolute Gasteiger partial charge is 0.360 e. The van der Waals surface area contributed by atoms with E-state index in [1.165, 1.54) is 0 Å². The van der Waals surface area contributed by atoms with Gasteiger partial charge in [-0.1, -0.05) is 17.2 Å². The highest BCUT2D eigenvalue weighted by Gasteiger charge is 2.36. The highest BCUT2D eigenvalue weighted by Crippen LogP contribution is 2.39. The van der Waals surface area contributed by atoms with Crippen LogP contribution in [0.25, 0.3) is 0 Å². The maximum atomic E-state index is 13.0. The van der Waals surface area contributed by atoms with Gasteiger partial charge >= 0.3 is 0 Å². The summed E-state index contributed by atoms with van der Waals surface area (Å²) in [6.07, 6.45) is 2.92. The topological polar surface area (TPSA) is 88.5 Å². The molecule has 0 bridgehead atoms. The summed E-state index contributed by atoms with van der Waals surface area (Å²) in [6, 6.07) is -0.0806. The van der Waals surface area contributed by atoms with Gasteiger partial charge in [-0.2, -0.15) is 4.98 Å². The lowest BCUT2D eigenvalue weighted by Gasteiger charge is -2.37. The van der Waals surface area contributed by atoms with Gasteiger partial charge in [0.15, 0.2) is 5.82 Å². The molecule has 1 saturated carbocycles. The third-order valence-electron chi connectivity index (χ3n) is 5.09. The molecule has 1 aliphatic heterocycles. The van der Waals surface area contributed by atoms with Crippen molar-refractivity contribution in [3.63, 3.8) is 0 Å². The number of aryl methyl sites for hydroxylation is 2. The Hall–Kier alpha value is -2.22. The number of hydrogen-bond acceptors (Lipinski definition) is 7. The van der Waals surface area contributed by atoms with Gasteiger partial charge in [-0.3, -0.25) is 9.69 Å². The average Bonchev–Trinajstić information content (AvgIpc) is 3.23. The molecule has 8 heteroatoms. The molecule has 1 atom stereocenters. The monoisotopic (exact) mass is 345 g/mol. The number of aromatic nitrogens is 3. The number of nitrogens with zero attached hydrogens (tertiary/aromatic N) is 5. The molecule has 0 N–H and O–H groups in total. The summed E-state index contributed by atoms with van der Waals surface area (Å²) in [6.45, 7) is 5.70. The van der Waals surface area contributed by atoms with E-state index in [1.807, 2.05) is 25.8 Å². The van der Waals surface area contributed by atoms with E-state index in [1.54, 1.807) is 0 Å². The zero-order valence-electron chi connectivity index (χ0n) is 14.9. The Morgan fingerprint density at radius 3 is 2.76 bits per heavy atom. The van der Waals surface area contributed by atoms with Crippen molar-refractivity contribution in [3.8, 4) is 0 Å². The number of carbonyl (C=O) groups is 1. The van der Waals surface area contributed by atoms with E-state index in [2.05, 4.69) is 20.2 Å². The highest BCUT2D eigenvalue weighted by molar-refractivity contribution is 5.96. The molecule has 8 nitrogen and oxygen atoms in total. The highest BCUT2D eigenvalue weighted by atomic mass is 16.5. The Bertz CT molecular complexity index is 779. The molecular weight excluding hydrogens is 322 g/mol. The van der Waals surface area contributed by atoms with Crippen molar-refractivity contribution in [2.45, 2.75) is 45.1 Å². The molecule has 2 aromatic rings.